The average molecular weight is 464 g/mol. The highest BCUT2D eigenvalue weighted by Gasteiger charge is 2.29. The number of ketones is 1. The first-order valence-electron chi connectivity index (χ1n) is 12.6. The van der Waals surface area contributed by atoms with Gasteiger partial charge in [0.1, 0.15) is 11.7 Å². The quantitative estimate of drug-likeness (QED) is 0.256. The van der Waals surface area contributed by atoms with Gasteiger partial charge in [0.05, 0.1) is 0 Å². The van der Waals surface area contributed by atoms with Crippen LogP contribution in [0.2, 0.25) is 0 Å². The lowest BCUT2D eigenvalue weighted by Gasteiger charge is -2.29. The van der Waals surface area contributed by atoms with E-state index in [1.165, 1.54) is 23.6 Å². The minimum atomic E-state index is -0.629. The second-order valence-corrected chi connectivity index (χ2v) is 9.93. The van der Waals surface area contributed by atoms with Gasteiger partial charge in [-0.2, -0.15) is 0 Å². The molecule has 3 heteroatoms. The smallest absolute Gasteiger partial charge is 0.233 e. The molecule has 3 nitrogen and oxygen atoms in total. The first-order valence-corrected chi connectivity index (χ1v) is 12.6. The van der Waals surface area contributed by atoms with Crippen LogP contribution in [0.1, 0.15) is 71.6 Å². The van der Waals surface area contributed by atoms with Crippen molar-refractivity contribution < 1.29 is 9.59 Å². The van der Waals surface area contributed by atoms with Gasteiger partial charge in [0.25, 0.3) is 0 Å². The Balaban J connectivity index is 0.000000429. The molecule has 0 fully saturated rings. The maximum Gasteiger partial charge on any atom is 0.233 e. The number of Topliss-reactive ketones (excluding diaryl/α,β-unsaturated/α-hetero) is 1. The Bertz CT molecular complexity index is 892. The van der Waals surface area contributed by atoms with Crippen LogP contribution < -0.4 is 0 Å². The molecule has 0 aliphatic heterocycles. The third kappa shape index (κ3) is 10.5. The largest absolute Gasteiger partial charge is 0.342 e. The number of fused-ring (bicyclic) bond motifs is 1. The molecule has 1 atom stereocenters. The van der Waals surface area contributed by atoms with Crippen molar-refractivity contribution in [2.45, 2.75) is 67.7 Å². The van der Waals surface area contributed by atoms with E-state index in [4.69, 9.17) is 0 Å². The summed E-state index contributed by atoms with van der Waals surface area (Å²) in [7, 11) is 0. The zero-order valence-corrected chi connectivity index (χ0v) is 22.4. The Morgan fingerprint density at radius 2 is 1.74 bits per heavy atom. The van der Waals surface area contributed by atoms with Gasteiger partial charge < -0.3 is 4.90 Å². The van der Waals surface area contributed by atoms with Crippen LogP contribution in [0.15, 0.2) is 60.7 Å². The van der Waals surface area contributed by atoms with Crippen molar-refractivity contribution in [2.75, 3.05) is 13.1 Å². The molecule has 1 aliphatic rings. The van der Waals surface area contributed by atoms with Gasteiger partial charge in [0, 0.05) is 13.1 Å². The molecular formula is C31H45NO2. The monoisotopic (exact) mass is 463 g/mol. The number of benzene rings is 1. The molecule has 0 bridgehead atoms. The van der Waals surface area contributed by atoms with Crippen molar-refractivity contribution in [1.82, 2.24) is 4.90 Å². The predicted molar refractivity (Wildman–Crippen MR) is 147 cm³/mol. The molecule has 0 saturated carbocycles. The fraction of sp³-hybridized carbons (Fsp3) is 0.484. The summed E-state index contributed by atoms with van der Waals surface area (Å²) in [6.45, 7) is 19.3. The zero-order chi connectivity index (χ0) is 25.7. The molecule has 0 heterocycles. The fourth-order valence-electron chi connectivity index (χ4n) is 3.91. The fourth-order valence-corrected chi connectivity index (χ4v) is 3.91. The van der Waals surface area contributed by atoms with Crippen LogP contribution in [0, 0.1) is 17.8 Å². The maximum atomic E-state index is 12.8. The maximum absolute atomic E-state index is 12.8. The summed E-state index contributed by atoms with van der Waals surface area (Å²) in [6, 6.07) is 6.76. The summed E-state index contributed by atoms with van der Waals surface area (Å²) < 4.78 is 0. The molecule has 0 aromatic heterocycles. The van der Waals surface area contributed by atoms with E-state index in [2.05, 4.69) is 71.5 Å². The minimum Gasteiger partial charge on any atom is -0.342 e. The molecule has 1 aromatic carbocycles. The molecule has 186 valence electrons. The van der Waals surface area contributed by atoms with Crippen molar-refractivity contribution in [3.05, 3.63) is 77.4 Å². The Morgan fingerprint density at radius 3 is 2.26 bits per heavy atom. The summed E-state index contributed by atoms with van der Waals surface area (Å²) >= 11 is 0. The number of allylic oxidation sites excluding steroid dienone is 6. The van der Waals surface area contributed by atoms with Gasteiger partial charge in [-0.3, -0.25) is 9.59 Å². The van der Waals surface area contributed by atoms with E-state index in [-0.39, 0.29) is 11.7 Å². The number of nitrogens with zero attached hydrogens (tertiary/aromatic N) is 1. The summed E-state index contributed by atoms with van der Waals surface area (Å²) in [4.78, 5) is 26.7. The Labute approximate surface area is 208 Å². The third-order valence-electron chi connectivity index (χ3n) is 5.63. The van der Waals surface area contributed by atoms with Gasteiger partial charge >= 0.3 is 0 Å². The highest BCUT2D eigenvalue weighted by molar-refractivity contribution is 6.00. The Hall–Kier alpha value is -2.68. The number of hydrogen-bond donors (Lipinski definition) is 0. The number of rotatable bonds is 11. The van der Waals surface area contributed by atoms with Gasteiger partial charge in [-0.15, -0.1) is 0 Å². The normalized spacial score (nSPS) is 13.3. The van der Waals surface area contributed by atoms with E-state index in [0.29, 0.717) is 31.3 Å². The van der Waals surface area contributed by atoms with E-state index in [0.717, 1.165) is 18.4 Å². The standard InChI is InChI=1S/C20H33NO2.C11H12/c1-8-9-10-11-17(6)12-19(18(7)22)20(23)21(13-15(2)3)14-16(4)5;1-2-9-6-7-10-4-3-5-11(10)8-9/h8-11,15-16,19H,6,12-14H2,1-5,7H3;3,5-8H,2,4H2,1H3/b9-8-,11-10-;. The van der Waals surface area contributed by atoms with Gasteiger partial charge in [-0.25, -0.2) is 0 Å². The van der Waals surface area contributed by atoms with Crippen LogP contribution in [0.3, 0.4) is 0 Å². The molecule has 0 saturated heterocycles. The van der Waals surface area contributed by atoms with Crippen LogP contribution in [0.25, 0.3) is 6.08 Å². The number of aryl methyl sites for hydroxylation is 1. The molecule has 0 spiro atoms. The first-order chi connectivity index (χ1) is 16.1. The average Bonchev–Trinajstić information content (AvgIpc) is 3.24. The lowest BCUT2D eigenvalue weighted by molar-refractivity contribution is -0.141. The van der Waals surface area contributed by atoms with E-state index in [1.54, 1.807) is 0 Å². The number of carbonyl (C=O) groups is 2. The lowest BCUT2D eigenvalue weighted by atomic mass is 9.94. The van der Waals surface area contributed by atoms with E-state index in [1.807, 2.05) is 36.1 Å². The number of hydrogen-bond acceptors (Lipinski definition) is 2. The summed E-state index contributed by atoms with van der Waals surface area (Å²) in [5.41, 5.74) is 5.13. The highest BCUT2D eigenvalue weighted by atomic mass is 16.2. The second kappa shape index (κ2) is 15.3. The van der Waals surface area contributed by atoms with E-state index in [9.17, 15) is 9.59 Å². The number of carbonyl (C=O) groups excluding carboxylic acids is 2. The van der Waals surface area contributed by atoms with Crippen molar-refractivity contribution >= 4 is 17.8 Å². The molecule has 1 unspecified atom stereocenters. The molecule has 1 aromatic rings. The summed E-state index contributed by atoms with van der Waals surface area (Å²) in [5.74, 6) is -0.0324. The summed E-state index contributed by atoms with van der Waals surface area (Å²) in [5, 5.41) is 0. The predicted octanol–water partition coefficient (Wildman–Crippen LogP) is 7.23. The van der Waals surface area contributed by atoms with Crippen molar-refractivity contribution in [1.29, 1.82) is 0 Å². The minimum absolute atomic E-state index is 0.0690. The highest BCUT2D eigenvalue weighted by Crippen LogP contribution is 2.21. The van der Waals surface area contributed by atoms with Crippen LogP contribution in [0.4, 0.5) is 0 Å². The first kappa shape index (κ1) is 29.4. The van der Waals surface area contributed by atoms with Crippen molar-refractivity contribution in [3.8, 4) is 0 Å². The van der Waals surface area contributed by atoms with Crippen molar-refractivity contribution in [3.63, 3.8) is 0 Å². The molecule has 2 rings (SSSR count). The van der Waals surface area contributed by atoms with Gasteiger partial charge in [-0.1, -0.05) is 101 Å². The molecular weight excluding hydrogens is 418 g/mol. The molecule has 1 aliphatic carbocycles. The topological polar surface area (TPSA) is 37.4 Å². The zero-order valence-electron chi connectivity index (χ0n) is 22.4. The third-order valence-corrected chi connectivity index (χ3v) is 5.63. The van der Waals surface area contributed by atoms with Crippen LogP contribution in [-0.2, 0) is 22.4 Å². The SMILES string of the molecule is C=C(/C=C\C=C/C)CC(C(C)=O)C(=O)N(CC(C)C)CC(C)C.CCc1ccc2c(c1)C=CC2. The van der Waals surface area contributed by atoms with Crippen molar-refractivity contribution in [2.24, 2.45) is 17.8 Å². The second-order valence-electron chi connectivity index (χ2n) is 9.93. The number of amides is 1. The van der Waals surface area contributed by atoms with Gasteiger partial charge in [-0.05, 0) is 61.6 Å². The van der Waals surface area contributed by atoms with Gasteiger partial charge in [0.2, 0.25) is 5.91 Å². The van der Waals surface area contributed by atoms with E-state index >= 15 is 0 Å². The summed E-state index contributed by atoms with van der Waals surface area (Å²) in [6.07, 6.45) is 14.7. The lowest BCUT2D eigenvalue weighted by Crippen LogP contribution is -2.42. The van der Waals surface area contributed by atoms with Crippen LogP contribution >= 0.6 is 0 Å². The van der Waals surface area contributed by atoms with Crippen LogP contribution in [0.5, 0.6) is 0 Å². The molecule has 34 heavy (non-hydrogen) atoms. The van der Waals surface area contributed by atoms with E-state index < -0.39 is 5.92 Å². The molecule has 0 N–H and O–H groups in total. The Kier molecular flexibility index (Phi) is 13.2. The molecule has 1 amide bonds. The van der Waals surface area contributed by atoms with Gasteiger partial charge in [0.15, 0.2) is 0 Å². The molecule has 0 radical (unpaired) electrons. The Morgan fingerprint density at radius 1 is 1.09 bits per heavy atom. The van der Waals surface area contributed by atoms with Crippen LogP contribution in [-0.4, -0.2) is 29.7 Å².